The van der Waals surface area contributed by atoms with Crippen molar-refractivity contribution in [2.24, 2.45) is 0 Å². The number of aromatic nitrogens is 2. The highest BCUT2D eigenvalue weighted by Gasteiger charge is 2.37. The molecule has 2 aromatic carbocycles. The summed E-state index contributed by atoms with van der Waals surface area (Å²) < 4.78 is 7.11. The van der Waals surface area contributed by atoms with E-state index in [4.69, 9.17) is 9.84 Å². The van der Waals surface area contributed by atoms with E-state index in [1.54, 1.807) is 25.6 Å². The number of aryl methyl sites for hydroxylation is 1. The van der Waals surface area contributed by atoms with Gasteiger partial charge < -0.3 is 15.0 Å². The molecule has 1 unspecified atom stereocenters. The molecule has 7 heteroatoms. The Morgan fingerprint density at radius 3 is 2.44 bits per heavy atom. The topological polar surface area (TPSA) is 76.5 Å². The average Bonchev–Trinajstić information content (AvgIpc) is 3.24. The van der Waals surface area contributed by atoms with Crippen LogP contribution < -0.4 is 5.32 Å². The Kier molecular flexibility index (Phi) is 5.81. The van der Waals surface area contributed by atoms with E-state index < -0.39 is 12.0 Å². The molecule has 4 rings (SSSR count). The third-order valence-electron chi connectivity index (χ3n) is 5.65. The zero-order chi connectivity index (χ0) is 22.8. The molecule has 7 nitrogen and oxygen atoms in total. The first kappa shape index (κ1) is 21.4. The van der Waals surface area contributed by atoms with Gasteiger partial charge in [0, 0.05) is 30.1 Å². The van der Waals surface area contributed by atoms with Crippen molar-refractivity contribution in [1.29, 1.82) is 0 Å². The van der Waals surface area contributed by atoms with Gasteiger partial charge in [-0.15, -0.1) is 0 Å². The number of carbonyl (C=O) groups is 2. The lowest BCUT2D eigenvalue weighted by molar-refractivity contribution is -0.139. The fraction of sp³-hybridized carbons (Fsp3) is 0.240. The number of ether oxygens (including phenoxy) is 1. The number of benzene rings is 2. The Morgan fingerprint density at radius 2 is 1.78 bits per heavy atom. The highest BCUT2D eigenvalue weighted by molar-refractivity contribution is 5.95. The summed E-state index contributed by atoms with van der Waals surface area (Å²) in [4.78, 5) is 27.0. The van der Waals surface area contributed by atoms with Crippen LogP contribution in [0, 0.1) is 6.92 Å². The van der Waals surface area contributed by atoms with E-state index in [9.17, 15) is 9.59 Å². The van der Waals surface area contributed by atoms with Gasteiger partial charge in [0.2, 0.25) is 0 Å². The van der Waals surface area contributed by atoms with Crippen LogP contribution in [0.2, 0.25) is 0 Å². The van der Waals surface area contributed by atoms with Crippen LogP contribution in [-0.4, -0.2) is 40.3 Å². The largest absolute Gasteiger partial charge is 0.463 e. The molecule has 1 N–H and O–H groups in total. The first-order valence-corrected chi connectivity index (χ1v) is 10.5. The van der Waals surface area contributed by atoms with E-state index in [1.165, 1.54) is 4.90 Å². The fourth-order valence-electron chi connectivity index (χ4n) is 3.79. The van der Waals surface area contributed by atoms with E-state index in [0.717, 1.165) is 22.4 Å². The molecule has 3 aromatic rings. The van der Waals surface area contributed by atoms with Gasteiger partial charge in [-0.2, -0.15) is 5.10 Å². The predicted molar refractivity (Wildman–Crippen MR) is 122 cm³/mol. The van der Waals surface area contributed by atoms with Gasteiger partial charge in [0.1, 0.15) is 0 Å². The van der Waals surface area contributed by atoms with Gasteiger partial charge in [-0.25, -0.2) is 14.3 Å². The maximum absolute atomic E-state index is 12.9. The van der Waals surface area contributed by atoms with Gasteiger partial charge in [0.25, 0.3) is 0 Å². The maximum atomic E-state index is 12.9. The van der Waals surface area contributed by atoms with Crippen LogP contribution in [0.15, 0.2) is 72.1 Å². The number of urea groups is 1. The van der Waals surface area contributed by atoms with Crippen molar-refractivity contribution in [3.63, 3.8) is 0 Å². The van der Waals surface area contributed by atoms with Crippen LogP contribution in [0.1, 0.15) is 31.0 Å². The van der Waals surface area contributed by atoms with Crippen LogP contribution in [0.4, 0.5) is 4.79 Å². The van der Waals surface area contributed by atoms with Crippen molar-refractivity contribution in [2.75, 3.05) is 13.7 Å². The molecule has 2 amide bonds. The molecular formula is C25H26N4O3. The smallest absolute Gasteiger partial charge is 0.338 e. The zero-order valence-electron chi connectivity index (χ0n) is 18.6. The average molecular weight is 431 g/mol. The molecule has 0 bridgehead atoms. The molecule has 0 saturated carbocycles. The first-order chi connectivity index (χ1) is 15.4. The van der Waals surface area contributed by atoms with E-state index in [-0.39, 0.29) is 12.6 Å². The number of allylic oxidation sites excluding steroid dienone is 1. The standard InChI is InChI=1S/C25H26N4O3/c1-5-32-24(30)21-17(3)28(4)25(31)26-23(21)20-15-29(19-9-7-6-8-10-19)27-22(20)18-13-11-16(2)12-14-18/h6-15,23H,5H2,1-4H3,(H,26,31). The van der Waals surface area contributed by atoms with E-state index in [2.05, 4.69) is 5.32 Å². The molecule has 1 atom stereocenters. The van der Waals surface area contributed by atoms with Gasteiger partial charge in [-0.3, -0.25) is 0 Å². The number of amides is 2. The summed E-state index contributed by atoms with van der Waals surface area (Å²) in [7, 11) is 1.63. The van der Waals surface area contributed by atoms with Gasteiger partial charge >= 0.3 is 12.0 Å². The lowest BCUT2D eigenvalue weighted by Crippen LogP contribution is -2.46. The van der Waals surface area contributed by atoms with Gasteiger partial charge in [-0.05, 0) is 32.9 Å². The third kappa shape index (κ3) is 3.89. The number of nitrogens with one attached hydrogen (secondary N) is 1. The second-order valence-corrected chi connectivity index (χ2v) is 7.74. The van der Waals surface area contributed by atoms with Gasteiger partial charge in [-0.1, -0.05) is 48.0 Å². The summed E-state index contributed by atoms with van der Waals surface area (Å²) in [6, 6.07) is 16.8. The number of hydrogen-bond donors (Lipinski definition) is 1. The maximum Gasteiger partial charge on any atom is 0.338 e. The lowest BCUT2D eigenvalue weighted by Gasteiger charge is -2.33. The van der Waals surface area contributed by atoms with Crippen molar-refractivity contribution in [3.05, 3.63) is 83.2 Å². The molecule has 0 saturated heterocycles. The van der Waals surface area contributed by atoms with E-state index in [1.807, 2.05) is 67.7 Å². The van der Waals surface area contributed by atoms with Gasteiger partial charge in [0.15, 0.2) is 0 Å². The van der Waals surface area contributed by atoms with Gasteiger partial charge in [0.05, 0.1) is 29.6 Å². The molecule has 0 aliphatic carbocycles. The molecule has 1 aromatic heterocycles. The van der Waals surface area contributed by atoms with Crippen LogP contribution in [0.3, 0.4) is 0 Å². The molecular weight excluding hydrogens is 404 g/mol. The lowest BCUT2D eigenvalue weighted by atomic mass is 9.93. The van der Waals surface area contributed by atoms with Crippen LogP contribution in [-0.2, 0) is 9.53 Å². The summed E-state index contributed by atoms with van der Waals surface area (Å²) in [5, 5.41) is 7.81. The SMILES string of the molecule is CCOC(=O)C1=C(C)N(C)C(=O)NC1c1cn(-c2ccccc2)nc1-c1ccc(C)cc1. The Bertz CT molecular complexity index is 1180. The molecule has 164 valence electrons. The number of hydrogen-bond acceptors (Lipinski definition) is 4. The number of para-hydroxylation sites is 1. The van der Waals surface area contributed by atoms with Crippen molar-refractivity contribution < 1.29 is 14.3 Å². The molecule has 0 spiro atoms. The Labute approximate surface area is 187 Å². The molecule has 32 heavy (non-hydrogen) atoms. The van der Waals surface area contributed by atoms with Crippen LogP contribution >= 0.6 is 0 Å². The summed E-state index contributed by atoms with van der Waals surface area (Å²) in [6.45, 7) is 5.79. The van der Waals surface area contributed by atoms with Crippen molar-refractivity contribution in [2.45, 2.75) is 26.8 Å². The van der Waals surface area contributed by atoms with Crippen molar-refractivity contribution in [1.82, 2.24) is 20.0 Å². The second-order valence-electron chi connectivity index (χ2n) is 7.74. The molecule has 0 fully saturated rings. The second kappa shape index (κ2) is 8.70. The molecule has 1 aliphatic rings. The molecule has 1 aliphatic heterocycles. The quantitative estimate of drug-likeness (QED) is 0.610. The highest BCUT2D eigenvalue weighted by atomic mass is 16.5. The summed E-state index contributed by atoms with van der Waals surface area (Å²) >= 11 is 0. The normalized spacial score (nSPS) is 16.2. The monoisotopic (exact) mass is 430 g/mol. The number of esters is 1. The first-order valence-electron chi connectivity index (χ1n) is 10.5. The Balaban J connectivity index is 1.92. The zero-order valence-corrected chi connectivity index (χ0v) is 18.6. The molecule has 2 heterocycles. The summed E-state index contributed by atoms with van der Waals surface area (Å²) in [5.74, 6) is -0.454. The number of carbonyl (C=O) groups excluding carboxylic acids is 2. The summed E-state index contributed by atoms with van der Waals surface area (Å²) in [5.41, 5.74) is 5.28. The van der Waals surface area contributed by atoms with Crippen molar-refractivity contribution >= 4 is 12.0 Å². The Morgan fingerprint density at radius 1 is 1.09 bits per heavy atom. The van der Waals surface area contributed by atoms with E-state index in [0.29, 0.717) is 17.0 Å². The fourth-order valence-corrected chi connectivity index (χ4v) is 3.79. The van der Waals surface area contributed by atoms with Crippen molar-refractivity contribution in [3.8, 4) is 16.9 Å². The molecule has 0 radical (unpaired) electrons. The van der Waals surface area contributed by atoms with E-state index >= 15 is 0 Å². The Hall–Kier alpha value is -3.87. The number of nitrogens with zero attached hydrogens (tertiary/aromatic N) is 3. The minimum Gasteiger partial charge on any atom is -0.463 e. The summed E-state index contributed by atoms with van der Waals surface area (Å²) in [6.07, 6.45) is 1.87. The predicted octanol–water partition coefficient (Wildman–Crippen LogP) is 4.38. The highest BCUT2D eigenvalue weighted by Crippen LogP contribution is 2.36. The minimum atomic E-state index is -0.688. The van der Waals surface area contributed by atoms with Crippen LogP contribution in [0.25, 0.3) is 16.9 Å². The number of rotatable bonds is 5. The van der Waals surface area contributed by atoms with Crippen LogP contribution in [0.5, 0.6) is 0 Å². The minimum absolute atomic E-state index is 0.244. The third-order valence-corrected chi connectivity index (χ3v) is 5.65.